The van der Waals surface area contributed by atoms with Crippen LogP contribution in [0.5, 0.6) is 5.88 Å². The van der Waals surface area contributed by atoms with E-state index in [1.54, 1.807) is 6.20 Å². The largest absolute Gasteiger partial charge is 0.473 e. The Morgan fingerprint density at radius 3 is 2.71 bits per heavy atom. The maximum atomic E-state index is 5.68. The summed E-state index contributed by atoms with van der Waals surface area (Å²) < 4.78 is 7.70. The lowest BCUT2D eigenvalue weighted by atomic mass is 10.2. The second kappa shape index (κ2) is 5.65. The molecule has 1 aromatic heterocycles. The summed E-state index contributed by atoms with van der Waals surface area (Å²) in [4.78, 5) is 4.23. The second-order valence-electron chi connectivity index (χ2n) is 3.69. The second-order valence-corrected chi connectivity index (χ2v) is 5.53. The number of nitrogens with zero attached hydrogens (tertiary/aromatic N) is 1. The number of halogens is 2. The van der Waals surface area contributed by atoms with Gasteiger partial charge in [0.25, 0.3) is 0 Å². The Labute approximate surface area is 117 Å². The Kier molecular flexibility index (Phi) is 4.18. The number of hydrogen-bond donors (Lipinski definition) is 0. The molecule has 1 aromatic carbocycles. The van der Waals surface area contributed by atoms with Crippen molar-refractivity contribution in [1.29, 1.82) is 0 Å². The Morgan fingerprint density at radius 1 is 1.18 bits per heavy atom. The van der Waals surface area contributed by atoms with Gasteiger partial charge in [0, 0.05) is 20.7 Å². The van der Waals surface area contributed by atoms with Crippen LogP contribution in [-0.2, 0) is 6.61 Å². The number of benzene rings is 1. The number of aryl methyl sites for hydroxylation is 1. The van der Waals surface area contributed by atoms with Gasteiger partial charge in [0.15, 0.2) is 0 Å². The Balaban J connectivity index is 2.07. The summed E-state index contributed by atoms with van der Waals surface area (Å²) in [5, 5.41) is 0. The van der Waals surface area contributed by atoms with E-state index in [0.717, 1.165) is 20.1 Å². The van der Waals surface area contributed by atoms with Crippen LogP contribution >= 0.6 is 31.9 Å². The maximum Gasteiger partial charge on any atom is 0.216 e. The van der Waals surface area contributed by atoms with Crippen LogP contribution in [0, 0.1) is 6.92 Å². The molecule has 0 aliphatic heterocycles. The molecule has 2 nitrogen and oxygen atoms in total. The molecule has 0 radical (unpaired) electrons. The highest BCUT2D eigenvalue weighted by molar-refractivity contribution is 9.10. The quantitative estimate of drug-likeness (QED) is 0.808. The summed E-state index contributed by atoms with van der Waals surface area (Å²) in [5.74, 6) is 0.674. The predicted octanol–water partition coefficient (Wildman–Crippen LogP) is 4.49. The van der Waals surface area contributed by atoms with Gasteiger partial charge in [-0.3, -0.25) is 0 Å². The lowest BCUT2D eigenvalue weighted by Crippen LogP contribution is -1.98. The highest BCUT2D eigenvalue weighted by Gasteiger charge is 2.02. The first kappa shape index (κ1) is 12.6. The summed E-state index contributed by atoms with van der Waals surface area (Å²) in [6.07, 6.45) is 1.74. The summed E-state index contributed by atoms with van der Waals surface area (Å²) in [6.45, 7) is 2.50. The smallest absolute Gasteiger partial charge is 0.216 e. The molecule has 0 aliphatic carbocycles. The summed E-state index contributed by atoms with van der Waals surface area (Å²) in [5.41, 5.74) is 2.14. The third kappa shape index (κ3) is 3.54. The summed E-state index contributed by atoms with van der Waals surface area (Å²) >= 11 is 6.81. The molecule has 2 rings (SSSR count). The molecule has 1 heterocycles. The fourth-order valence-electron chi connectivity index (χ4n) is 1.46. The molecule has 0 bridgehead atoms. The first-order chi connectivity index (χ1) is 8.15. The number of ether oxygens (including phenoxy) is 1. The van der Waals surface area contributed by atoms with Crippen molar-refractivity contribution in [3.8, 4) is 5.88 Å². The van der Waals surface area contributed by atoms with Crippen molar-refractivity contribution in [2.24, 2.45) is 0 Å². The van der Waals surface area contributed by atoms with E-state index < -0.39 is 0 Å². The fraction of sp³-hybridized carbons (Fsp3) is 0.154. The van der Waals surface area contributed by atoms with Crippen molar-refractivity contribution in [3.05, 3.63) is 56.6 Å². The molecule has 0 aliphatic rings. The molecule has 0 N–H and O–H groups in total. The van der Waals surface area contributed by atoms with E-state index in [9.17, 15) is 0 Å². The van der Waals surface area contributed by atoms with Crippen molar-refractivity contribution in [2.75, 3.05) is 0 Å². The number of rotatable bonds is 3. The van der Waals surface area contributed by atoms with Gasteiger partial charge in [-0.2, -0.15) is 0 Å². The summed E-state index contributed by atoms with van der Waals surface area (Å²) in [7, 11) is 0. The third-order valence-corrected chi connectivity index (χ3v) is 3.19. The molecular weight excluding hydrogens is 346 g/mol. The van der Waals surface area contributed by atoms with E-state index in [2.05, 4.69) is 36.8 Å². The van der Waals surface area contributed by atoms with E-state index in [0.29, 0.717) is 12.5 Å². The van der Waals surface area contributed by atoms with Gasteiger partial charge in [0.05, 0.1) is 0 Å². The van der Waals surface area contributed by atoms with E-state index >= 15 is 0 Å². The third-order valence-electron chi connectivity index (χ3n) is 2.26. The van der Waals surface area contributed by atoms with E-state index in [1.165, 1.54) is 0 Å². The van der Waals surface area contributed by atoms with Gasteiger partial charge in [-0.15, -0.1) is 0 Å². The minimum atomic E-state index is 0.523. The van der Waals surface area contributed by atoms with Crippen molar-refractivity contribution in [1.82, 2.24) is 4.98 Å². The molecule has 0 saturated heterocycles. The molecule has 0 atom stereocenters. The number of pyridine rings is 1. The average Bonchev–Trinajstić information content (AvgIpc) is 2.28. The van der Waals surface area contributed by atoms with Crippen LogP contribution < -0.4 is 4.74 Å². The van der Waals surface area contributed by atoms with Crippen molar-refractivity contribution < 1.29 is 4.74 Å². The molecular formula is C13H11Br2NO. The lowest BCUT2D eigenvalue weighted by Gasteiger charge is -2.08. The Morgan fingerprint density at radius 2 is 2.00 bits per heavy atom. The molecule has 88 valence electrons. The van der Waals surface area contributed by atoms with Gasteiger partial charge in [-0.1, -0.05) is 28.1 Å². The molecule has 0 spiro atoms. The first-order valence-corrected chi connectivity index (χ1v) is 6.73. The van der Waals surface area contributed by atoms with Crippen LogP contribution in [0.4, 0.5) is 0 Å². The average molecular weight is 357 g/mol. The molecule has 0 amide bonds. The highest BCUT2D eigenvalue weighted by Crippen LogP contribution is 2.20. The zero-order valence-corrected chi connectivity index (χ0v) is 12.5. The molecule has 2 aromatic rings. The maximum absolute atomic E-state index is 5.68. The fourth-order valence-corrected chi connectivity index (χ4v) is 2.35. The van der Waals surface area contributed by atoms with Crippen molar-refractivity contribution in [2.45, 2.75) is 13.5 Å². The van der Waals surface area contributed by atoms with Gasteiger partial charge >= 0.3 is 0 Å². The topological polar surface area (TPSA) is 22.1 Å². The number of hydrogen-bond acceptors (Lipinski definition) is 2. The Hall–Kier alpha value is -0.870. The number of aromatic nitrogens is 1. The van der Waals surface area contributed by atoms with Crippen LogP contribution in [0.25, 0.3) is 0 Å². The molecule has 17 heavy (non-hydrogen) atoms. The van der Waals surface area contributed by atoms with Crippen LogP contribution in [0.3, 0.4) is 0 Å². The van der Waals surface area contributed by atoms with Gasteiger partial charge in [-0.25, -0.2) is 4.98 Å². The van der Waals surface area contributed by atoms with Gasteiger partial charge in [0.2, 0.25) is 5.88 Å². The minimum absolute atomic E-state index is 0.523. The van der Waals surface area contributed by atoms with E-state index in [-0.39, 0.29) is 0 Å². The highest BCUT2D eigenvalue weighted by atomic mass is 79.9. The van der Waals surface area contributed by atoms with Gasteiger partial charge in [-0.05, 0) is 46.6 Å². The standard InChI is InChI=1S/C13H11Br2NO/c1-9-5-12(15)7-16-13(9)17-8-10-3-2-4-11(14)6-10/h2-7H,8H2,1H3. The SMILES string of the molecule is Cc1cc(Br)cnc1OCc1cccc(Br)c1. The zero-order chi connectivity index (χ0) is 12.3. The Bertz CT molecular complexity index is 529. The molecule has 0 saturated carbocycles. The van der Waals surface area contributed by atoms with Crippen LogP contribution in [0.2, 0.25) is 0 Å². The normalized spacial score (nSPS) is 10.3. The summed E-state index contributed by atoms with van der Waals surface area (Å²) in [6, 6.07) is 10.0. The van der Waals surface area contributed by atoms with E-state index in [4.69, 9.17) is 4.74 Å². The monoisotopic (exact) mass is 355 g/mol. The molecule has 0 fully saturated rings. The van der Waals surface area contributed by atoms with Gasteiger partial charge < -0.3 is 4.74 Å². The van der Waals surface area contributed by atoms with Crippen LogP contribution in [0.1, 0.15) is 11.1 Å². The molecule has 4 heteroatoms. The lowest BCUT2D eigenvalue weighted by molar-refractivity contribution is 0.291. The first-order valence-electron chi connectivity index (χ1n) is 5.14. The zero-order valence-electron chi connectivity index (χ0n) is 9.28. The van der Waals surface area contributed by atoms with Crippen LogP contribution in [0.15, 0.2) is 45.5 Å². The predicted molar refractivity (Wildman–Crippen MR) is 75.1 cm³/mol. The molecule has 0 unspecified atom stereocenters. The van der Waals surface area contributed by atoms with Crippen molar-refractivity contribution in [3.63, 3.8) is 0 Å². The van der Waals surface area contributed by atoms with E-state index in [1.807, 2.05) is 37.3 Å². The van der Waals surface area contributed by atoms with Crippen LogP contribution in [-0.4, -0.2) is 4.98 Å². The van der Waals surface area contributed by atoms with Crippen molar-refractivity contribution >= 4 is 31.9 Å². The minimum Gasteiger partial charge on any atom is -0.473 e. The van der Waals surface area contributed by atoms with Gasteiger partial charge in [0.1, 0.15) is 6.61 Å².